The standard InChI is InChI=1S/C21H23N5O2.C8H9F3N2/c1-2-25-9-11-26(12-10-25)17-5-8-19-20(13-17)22-14-23-21(19)28-18-6-3-16(4-7-18)24-15-27;1-12-4-6-2-3-7(13-5-6)8(9,10)11/h3-8,13-15H,2,9-12H2,1H3,(H,24,27);2-3,5,12H,4H2,1H3. The molecule has 41 heavy (non-hydrogen) atoms. The summed E-state index contributed by atoms with van der Waals surface area (Å²) in [7, 11) is 1.72. The third-order valence-corrected chi connectivity index (χ3v) is 6.56. The molecule has 1 saturated heterocycles. The van der Waals surface area contributed by atoms with E-state index in [9.17, 15) is 18.0 Å². The number of hydrogen-bond donors (Lipinski definition) is 2. The van der Waals surface area contributed by atoms with E-state index in [1.165, 1.54) is 24.3 Å². The van der Waals surface area contributed by atoms with E-state index in [0.29, 0.717) is 30.3 Å². The molecular weight excluding hydrogens is 535 g/mol. The van der Waals surface area contributed by atoms with Gasteiger partial charge in [0.25, 0.3) is 0 Å². The minimum Gasteiger partial charge on any atom is -0.438 e. The van der Waals surface area contributed by atoms with Crippen LogP contribution in [0.2, 0.25) is 0 Å². The second kappa shape index (κ2) is 13.9. The highest BCUT2D eigenvalue weighted by Gasteiger charge is 2.31. The number of anilines is 2. The van der Waals surface area contributed by atoms with Gasteiger partial charge >= 0.3 is 6.18 Å². The summed E-state index contributed by atoms with van der Waals surface area (Å²) in [4.78, 5) is 27.4. The number of alkyl halides is 3. The van der Waals surface area contributed by atoms with Gasteiger partial charge in [-0.25, -0.2) is 9.97 Å². The van der Waals surface area contributed by atoms with Crippen LogP contribution in [0.25, 0.3) is 10.9 Å². The highest BCUT2D eigenvalue weighted by molar-refractivity contribution is 5.86. The number of nitrogens with one attached hydrogen (secondary N) is 2. The summed E-state index contributed by atoms with van der Waals surface area (Å²) in [6.07, 6.45) is -0.955. The number of benzene rings is 2. The van der Waals surface area contributed by atoms with E-state index in [2.05, 4.69) is 54.4 Å². The van der Waals surface area contributed by atoms with Crippen LogP contribution in [0.3, 0.4) is 0 Å². The van der Waals surface area contributed by atoms with Crippen molar-refractivity contribution >= 4 is 28.7 Å². The summed E-state index contributed by atoms with van der Waals surface area (Å²) in [5.74, 6) is 1.17. The van der Waals surface area contributed by atoms with Crippen molar-refractivity contribution < 1.29 is 22.7 Å². The van der Waals surface area contributed by atoms with Crippen molar-refractivity contribution in [2.75, 3.05) is 50.0 Å². The van der Waals surface area contributed by atoms with Crippen LogP contribution in [-0.4, -0.2) is 66.0 Å². The number of likely N-dealkylation sites (N-methyl/N-ethyl adjacent to an activating group) is 1. The molecule has 12 heteroatoms. The predicted molar refractivity (Wildman–Crippen MR) is 152 cm³/mol. The van der Waals surface area contributed by atoms with E-state index in [1.807, 2.05) is 6.07 Å². The molecule has 216 valence electrons. The number of nitrogens with zero attached hydrogens (tertiary/aromatic N) is 5. The lowest BCUT2D eigenvalue weighted by Crippen LogP contribution is -2.46. The molecule has 2 aromatic heterocycles. The van der Waals surface area contributed by atoms with Gasteiger partial charge in [-0.15, -0.1) is 0 Å². The number of fused-ring (bicyclic) bond motifs is 1. The predicted octanol–water partition coefficient (Wildman–Crippen LogP) is 4.95. The number of rotatable bonds is 8. The molecule has 0 aliphatic carbocycles. The van der Waals surface area contributed by atoms with Crippen molar-refractivity contribution in [3.63, 3.8) is 0 Å². The topological polar surface area (TPSA) is 95.5 Å². The Labute approximate surface area is 236 Å². The molecule has 0 unspecified atom stereocenters. The van der Waals surface area contributed by atoms with Crippen molar-refractivity contribution in [3.05, 3.63) is 78.4 Å². The number of ether oxygens (including phenoxy) is 1. The molecule has 2 aromatic carbocycles. The smallest absolute Gasteiger partial charge is 0.433 e. The van der Waals surface area contributed by atoms with Gasteiger partial charge in [-0.3, -0.25) is 9.78 Å². The molecule has 0 bridgehead atoms. The van der Waals surface area contributed by atoms with Gasteiger partial charge in [-0.1, -0.05) is 13.0 Å². The van der Waals surface area contributed by atoms with Crippen LogP contribution in [0.1, 0.15) is 18.2 Å². The molecule has 1 aliphatic rings. The monoisotopic (exact) mass is 567 g/mol. The van der Waals surface area contributed by atoms with Crippen LogP contribution in [-0.2, 0) is 17.5 Å². The number of pyridine rings is 1. The van der Waals surface area contributed by atoms with Gasteiger partial charge in [0.2, 0.25) is 12.3 Å². The zero-order chi connectivity index (χ0) is 29.2. The second-order valence-corrected chi connectivity index (χ2v) is 9.27. The molecule has 1 amide bonds. The van der Waals surface area contributed by atoms with Gasteiger partial charge in [0.15, 0.2) is 0 Å². The molecule has 0 spiro atoms. The third kappa shape index (κ3) is 8.12. The zero-order valence-corrected chi connectivity index (χ0v) is 22.9. The van der Waals surface area contributed by atoms with Crippen molar-refractivity contribution in [1.29, 1.82) is 0 Å². The summed E-state index contributed by atoms with van der Waals surface area (Å²) < 4.78 is 42.0. The highest BCUT2D eigenvalue weighted by atomic mass is 19.4. The van der Waals surface area contributed by atoms with E-state index >= 15 is 0 Å². The lowest BCUT2D eigenvalue weighted by Gasteiger charge is -2.35. The minimum atomic E-state index is -4.35. The number of piperazine rings is 1. The molecular formula is C29H32F3N7O2. The Hall–Kier alpha value is -4.29. The van der Waals surface area contributed by atoms with Crippen LogP contribution < -0.4 is 20.3 Å². The Balaban J connectivity index is 0.000000251. The number of amides is 1. The average molecular weight is 568 g/mol. The van der Waals surface area contributed by atoms with E-state index in [1.54, 1.807) is 31.3 Å². The Morgan fingerprint density at radius 3 is 2.34 bits per heavy atom. The maximum atomic E-state index is 12.0. The second-order valence-electron chi connectivity index (χ2n) is 9.27. The van der Waals surface area contributed by atoms with Crippen molar-refractivity contribution in [2.45, 2.75) is 19.6 Å². The van der Waals surface area contributed by atoms with Crippen molar-refractivity contribution in [2.24, 2.45) is 0 Å². The van der Waals surface area contributed by atoms with Gasteiger partial charge in [-0.05, 0) is 67.7 Å². The maximum absolute atomic E-state index is 12.0. The zero-order valence-electron chi connectivity index (χ0n) is 22.9. The third-order valence-electron chi connectivity index (χ3n) is 6.56. The molecule has 4 aromatic rings. The maximum Gasteiger partial charge on any atom is 0.433 e. The summed E-state index contributed by atoms with van der Waals surface area (Å²) >= 11 is 0. The number of halogens is 3. The van der Waals surface area contributed by atoms with Crippen LogP contribution in [0, 0.1) is 0 Å². The molecule has 0 radical (unpaired) electrons. The Morgan fingerprint density at radius 1 is 0.976 bits per heavy atom. The number of aromatic nitrogens is 3. The minimum absolute atomic E-state index is 0.517. The molecule has 0 atom stereocenters. The molecule has 9 nitrogen and oxygen atoms in total. The van der Waals surface area contributed by atoms with Crippen LogP contribution >= 0.6 is 0 Å². The number of carbonyl (C=O) groups is 1. The van der Waals surface area contributed by atoms with Gasteiger partial charge in [0, 0.05) is 50.3 Å². The molecule has 1 aliphatic heterocycles. The molecule has 0 saturated carbocycles. The molecule has 3 heterocycles. The molecule has 2 N–H and O–H groups in total. The fourth-order valence-electron chi connectivity index (χ4n) is 4.32. The van der Waals surface area contributed by atoms with Gasteiger partial charge < -0.3 is 25.2 Å². The Morgan fingerprint density at radius 2 is 1.73 bits per heavy atom. The fourth-order valence-corrected chi connectivity index (χ4v) is 4.32. The van der Waals surface area contributed by atoms with E-state index in [0.717, 1.165) is 55.3 Å². The summed E-state index contributed by atoms with van der Waals surface area (Å²) in [5.41, 5.74) is 2.63. The first kappa shape index (κ1) is 29.7. The normalized spacial score (nSPS) is 13.8. The summed E-state index contributed by atoms with van der Waals surface area (Å²) in [6, 6.07) is 15.8. The summed E-state index contributed by atoms with van der Waals surface area (Å²) in [6.45, 7) is 8.04. The summed E-state index contributed by atoms with van der Waals surface area (Å²) in [5, 5.41) is 6.29. The van der Waals surface area contributed by atoms with Crippen LogP contribution in [0.15, 0.2) is 67.1 Å². The highest BCUT2D eigenvalue weighted by Crippen LogP contribution is 2.30. The van der Waals surface area contributed by atoms with E-state index in [4.69, 9.17) is 4.74 Å². The molecule has 1 fully saturated rings. The molecule has 5 rings (SSSR count). The van der Waals surface area contributed by atoms with Gasteiger partial charge in [-0.2, -0.15) is 13.2 Å². The van der Waals surface area contributed by atoms with E-state index < -0.39 is 11.9 Å². The largest absolute Gasteiger partial charge is 0.438 e. The quantitative estimate of drug-likeness (QED) is 0.289. The lowest BCUT2D eigenvalue weighted by atomic mass is 10.2. The Bertz CT molecular complexity index is 1410. The SMILES string of the molecule is CCN1CCN(c2ccc3c(Oc4ccc(NC=O)cc4)ncnc3c2)CC1.CNCc1ccc(C(F)(F)F)nc1. The van der Waals surface area contributed by atoms with Crippen LogP contribution in [0.5, 0.6) is 11.6 Å². The fraction of sp³-hybridized carbons (Fsp3) is 0.310. The van der Waals surface area contributed by atoms with E-state index in [-0.39, 0.29) is 0 Å². The van der Waals surface area contributed by atoms with Crippen molar-refractivity contribution in [1.82, 2.24) is 25.2 Å². The van der Waals surface area contributed by atoms with Crippen LogP contribution in [0.4, 0.5) is 24.5 Å². The lowest BCUT2D eigenvalue weighted by molar-refractivity contribution is -0.141. The first-order chi connectivity index (χ1) is 19.8. The van der Waals surface area contributed by atoms with Gasteiger partial charge in [0.1, 0.15) is 17.8 Å². The van der Waals surface area contributed by atoms with Crippen molar-refractivity contribution in [3.8, 4) is 11.6 Å². The number of carbonyl (C=O) groups excluding carboxylic acids is 1. The number of hydrogen-bond acceptors (Lipinski definition) is 8. The first-order valence-electron chi connectivity index (χ1n) is 13.2. The van der Waals surface area contributed by atoms with Gasteiger partial charge in [0.05, 0.1) is 10.9 Å². The Kier molecular flexibility index (Phi) is 10.0. The first-order valence-corrected chi connectivity index (χ1v) is 13.2. The average Bonchev–Trinajstić information content (AvgIpc) is 2.99.